The number of phenolic OH excluding ortho intramolecular Hbond substituents is 1. The first-order valence-corrected chi connectivity index (χ1v) is 16.6. The van der Waals surface area contributed by atoms with Gasteiger partial charge in [0.15, 0.2) is 0 Å². The molecule has 1 N–H and O–H groups in total. The molecule has 0 spiro atoms. The number of halogens is 2. The molecule has 3 aromatic carbocycles. The number of carbonyl (C=O) groups is 4. The lowest BCUT2D eigenvalue weighted by atomic mass is 9.51. The average molecular weight is 641 g/mol. The number of aromatic hydroxyl groups is 1. The van der Waals surface area contributed by atoms with Gasteiger partial charge in [-0.05, 0) is 62.1 Å². The van der Waals surface area contributed by atoms with Crippen LogP contribution in [0.4, 0.5) is 10.1 Å². The lowest BCUT2D eigenvalue weighted by Gasteiger charge is -2.49. The van der Waals surface area contributed by atoms with Crippen LogP contribution in [-0.4, -0.2) is 39.7 Å². The van der Waals surface area contributed by atoms with Crippen molar-refractivity contribution < 1.29 is 28.7 Å². The van der Waals surface area contributed by atoms with E-state index in [1.807, 2.05) is 42.5 Å². The van der Waals surface area contributed by atoms with Gasteiger partial charge < -0.3 is 5.11 Å². The van der Waals surface area contributed by atoms with Crippen molar-refractivity contribution in [3.63, 3.8) is 0 Å². The second-order valence-electron chi connectivity index (χ2n) is 13.8. The summed E-state index contributed by atoms with van der Waals surface area (Å²) in [6.45, 7) is 1.77. The van der Waals surface area contributed by atoms with E-state index in [-0.39, 0.29) is 40.7 Å². The van der Waals surface area contributed by atoms with E-state index in [2.05, 4.69) is 0 Å². The fourth-order valence-corrected chi connectivity index (χ4v) is 9.63. The highest BCUT2D eigenvalue weighted by atomic mass is 35.5. The number of amides is 4. The molecule has 0 bridgehead atoms. The number of fused-ring (bicyclic) bond motifs is 5. The van der Waals surface area contributed by atoms with E-state index in [0.29, 0.717) is 17.4 Å². The van der Waals surface area contributed by atoms with Crippen LogP contribution in [0.2, 0.25) is 5.02 Å². The minimum atomic E-state index is -1.33. The molecule has 4 amide bonds. The molecule has 8 rings (SSSR count). The monoisotopic (exact) mass is 640 g/mol. The molecule has 0 radical (unpaired) electrons. The predicted molar refractivity (Wildman–Crippen MR) is 170 cm³/mol. The summed E-state index contributed by atoms with van der Waals surface area (Å²) in [5.41, 5.74) is 0.157. The van der Waals surface area contributed by atoms with Gasteiger partial charge in [-0.15, -0.1) is 0 Å². The Morgan fingerprint density at radius 2 is 1.67 bits per heavy atom. The van der Waals surface area contributed by atoms with Crippen LogP contribution in [0.1, 0.15) is 63.4 Å². The summed E-state index contributed by atoms with van der Waals surface area (Å²) in [7, 11) is 0. The first-order chi connectivity index (χ1) is 22.1. The molecule has 6 atom stereocenters. The number of likely N-dealkylation sites (tertiary alicyclic amines) is 1. The van der Waals surface area contributed by atoms with Gasteiger partial charge in [0.1, 0.15) is 11.6 Å². The zero-order valence-electron chi connectivity index (χ0n) is 25.4. The maximum Gasteiger partial charge on any atom is 0.241 e. The van der Waals surface area contributed by atoms with E-state index in [1.54, 1.807) is 6.92 Å². The van der Waals surface area contributed by atoms with Crippen LogP contribution in [0, 0.1) is 34.9 Å². The van der Waals surface area contributed by atoms with Crippen LogP contribution in [-0.2, 0) is 19.2 Å². The number of hydrogen-bond donors (Lipinski definition) is 1. The smallest absolute Gasteiger partial charge is 0.241 e. The number of carbonyl (C=O) groups excluding carboxylic acids is 4. The Morgan fingerprint density at radius 3 is 2.43 bits per heavy atom. The fraction of sp³-hybridized carbons (Fsp3) is 0.405. The molecule has 0 aromatic heterocycles. The lowest BCUT2D eigenvalue weighted by Crippen LogP contribution is -2.49. The zero-order chi connectivity index (χ0) is 32.1. The van der Waals surface area contributed by atoms with E-state index in [9.17, 15) is 28.7 Å². The van der Waals surface area contributed by atoms with Gasteiger partial charge in [0.25, 0.3) is 0 Å². The van der Waals surface area contributed by atoms with Crippen LogP contribution < -0.4 is 4.90 Å². The summed E-state index contributed by atoms with van der Waals surface area (Å²) in [4.78, 5) is 59.7. The summed E-state index contributed by atoms with van der Waals surface area (Å²) in [5.74, 6) is -5.10. The van der Waals surface area contributed by atoms with Gasteiger partial charge in [0.2, 0.25) is 23.6 Å². The molecule has 2 saturated heterocycles. The first-order valence-electron chi connectivity index (χ1n) is 16.2. The molecule has 2 saturated carbocycles. The minimum absolute atomic E-state index is 0.0212. The van der Waals surface area contributed by atoms with Gasteiger partial charge in [-0.1, -0.05) is 78.9 Å². The Balaban J connectivity index is 1.29. The summed E-state index contributed by atoms with van der Waals surface area (Å²) >= 11 is 6.10. The summed E-state index contributed by atoms with van der Waals surface area (Å²) < 4.78 is 14.1. The Bertz CT molecular complexity index is 1880. The van der Waals surface area contributed by atoms with E-state index < -0.39 is 52.6 Å². The fourth-order valence-electron chi connectivity index (χ4n) is 9.46. The van der Waals surface area contributed by atoms with Gasteiger partial charge in [0, 0.05) is 22.9 Å². The summed E-state index contributed by atoms with van der Waals surface area (Å²) in [6.07, 6.45) is 7.23. The van der Waals surface area contributed by atoms with Gasteiger partial charge in [0.05, 0.1) is 33.9 Å². The number of imide groups is 2. The number of benzene rings is 3. The predicted octanol–water partition coefficient (Wildman–Crippen LogP) is 6.90. The molecule has 3 aliphatic carbocycles. The van der Waals surface area contributed by atoms with Crippen molar-refractivity contribution in [1.29, 1.82) is 0 Å². The van der Waals surface area contributed by atoms with Gasteiger partial charge in [-0.3, -0.25) is 24.1 Å². The molecule has 2 heterocycles. The van der Waals surface area contributed by atoms with Crippen molar-refractivity contribution in [2.45, 2.75) is 63.8 Å². The summed E-state index contributed by atoms with van der Waals surface area (Å²) in [6, 6.07) is 14.8. The highest BCUT2D eigenvalue weighted by molar-refractivity contribution is 6.31. The number of phenols is 1. The third-order valence-corrected chi connectivity index (χ3v) is 11.9. The van der Waals surface area contributed by atoms with E-state index >= 15 is 0 Å². The average Bonchev–Trinajstić information content (AvgIpc) is 3.43. The van der Waals surface area contributed by atoms with E-state index in [4.69, 9.17) is 11.6 Å². The van der Waals surface area contributed by atoms with Crippen LogP contribution >= 0.6 is 11.6 Å². The molecule has 3 aromatic rings. The molecule has 5 aliphatic rings. The quantitative estimate of drug-likeness (QED) is 0.248. The second kappa shape index (κ2) is 10.5. The Morgan fingerprint density at radius 1 is 0.913 bits per heavy atom. The van der Waals surface area contributed by atoms with Crippen LogP contribution in [0.25, 0.3) is 10.8 Å². The molecular formula is C37H34ClFN2O5. The molecule has 9 heteroatoms. The van der Waals surface area contributed by atoms with Gasteiger partial charge >= 0.3 is 0 Å². The van der Waals surface area contributed by atoms with Crippen molar-refractivity contribution in [1.82, 2.24) is 4.90 Å². The number of hydrogen-bond acceptors (Lipinski definition) is 5. The third-order valence-electron chi connectivity index (χ3n) is 11.7. The third kappa shape index (κ3) is 3.95. The molecule has 236 valence electrons. The van der Waals surface area contributed by atoms with Gasteiger partial charge in [-0.25, -0.2) is 9.29 Å². The SMILES string of the molecule is CC12C(=O)N(c3ccc(F)c(Cl)c3)C(=O)C1CC1C(=CCC3C(=O)N(C4CCCCC4)C(=O)C31)C2c1ccc2ccccc2c1O. The van der Waals surface area contributed by atoms with Crippen molar-refractivity contribution in [3.05, 3.63) is 82.6 Å². The van der Waals surface area contributed by atoms with E-state index in [1.165, 1.54) is 17.0 Å². The number of allylic oxidation sites excluding steroid dienone is 2. The Hall–Kier alpha value is -4.04. The second-order valence-corrected chi connectivity index (χ2v) is 14.2. The highest BCUT2D eigenvalue weighted by Crippen LogP contribution is 2.65. The van der Waals surface area contributed by atoms with Gasteiger partial charge in [-0.2, -0.15) is 0 Å². The van der Waals surface area contributed by atoms with Crippen LogP contribution in [0.15, 0.2) is 66.2 Å². The number of anilines is 1. The number of nitrogens with zero attached hydrogens (tertiary/aromatic N) is 2. The zero-order valence-corrected chi connectivity index (χ0v) is 26.2. The van der Waals surface area contributed by atoms with Crippen molar-refractivity contribution in [3.8, 4) is 5.75 Å². The molecule has 7 nitrogen and oxygen atoms in total. The maximum absolute atomic E-state index is 14.6. The largest absolute Gasteiger partial charge is 0.507 e. The van der Waals surface area contributed by atoms with Crippen molar-refractivity contribution in [2.24, 2.45) is 29.1 Å². The Labute approximate surface area is 271 Å². The number of rotatable bonds is 3. The normalized spacial score (nSPS) is 31.3. The van der Waals surface area contributed by atoms with Crippen LogP contribution in [0.5, 0.6) is 5.75 Å². The molecular weight excluding hydrogens is 607 g/mol. The Kier molecular flexibility index (Phi) is 6.70. The maximum atomic E-state index is 14.6. The van der Waals surface area contributed by atoms with Crippen LogP contribution in [0.3, 0.4) is 0 Å². The van der Waals surface area contributed by atoms with Crippen molar-refractivity contribution >= 4 is 51.7 Å². The first kappa shape index (κ1) is 29.4. The van der Waals surface area contributed by atoms with E-state index in [0.717, 1.165) is 54.0 Å². The molecule has 6 unspecified atom stereocenters. The van der Waals surface area contributed by atoms with Crippen molar-refractivity contribution in [2.75, 3.05) is 4.90 Å². The molecule has 2 aliphatic heterocycles. The lowest BCUT2D eigenvalue weighted by molar-refractivity contribution is -0.144. The highest BCUT2D eigenvalue weighted by Gasteiger charge is 2.68. The minimum Gasteiger partial charge on any atom is -0.507 e. The topological polar surface area (TPSA) is 95.0 Å². The standard InChI is InChI=1S/C37H34ClFN2O5/c1-37-27(34(44)41(36(37)46)21-12-16-29(39)28(38)17-21)18-26-23(31(37)25-13-11-19-7-5-6-10-22(19)32(25)42)14-15-24-30(26)35(45)40(33(24)43)20-8-3-2-4-9-20/h5-7,10-14,16-17,20,24,26-27,30-31,42H,2-4,8-9,15,18H2,1H3. The summed E-state index contributed by atoms with van der Waals surface area (Å²) in [5, 5.41) is 13.0. The molecule has 46 heavy (non-hydrogen) atoms. The molecule has 4 fully saturated rings.